The van der Waals surface area contributed by atoms with Gasteiger partial charge >= 0.3 is 0 Å². The SMILES string of the molecule is CN(c1cc(Cl)ccc1CCl)C1CCCCCC1. The minimum atomic E-state index is 0.545. The van der Waals surface area contributed by atoms with E-state index in [1.807, 2.05) is 18.2 Å². The molecule has 1 aromatic rings. The van der Waals surface area contributed by atoms with Crippen molar-refractivity contribution in [3.63, 3.8) is 0 Å². The van der Waals surface area contributed by atoms with E-state index in [-0.39, 0.29) is 0 Å². The summed E-state index contributed by atoms with van der Waals surface area (Å²) in [6.45, 7) is 0. The highest BCUT2D eigenvalue weighted by molar-refractivity contribution is 6.31. The Bertz CT molecular complexity index is 384. The monoisotopic (exact) mass is 285 g/mol. The van der Waals surface area contributed by atoms with E-state index in [1.165, 1.54) is 49.8 Å². The zero-order chi connectivity index (χ0) is 13.0. The van der Waals surface area contributed by atoms with Gasteiger partial charge in [0.25, 0.3) is 0 Å². The zero-order valence-electron chi connectivity index (χ0n) is 11.0. The molecule has 2 rings (SSSR count). The molecule has 0 amide bonds. The van der Waals surface area contributed by atoms with Gasteiger partial charge in [0, 0.05) is 29.7 Å². The van der Waals surface area contributed by atoms with Crippen LogP contribution in [-0.4, -0.2) is 13.1 Å². The molecular formula is C15H21Cl2N. The van der Waals surface area contributed by atoms with Gasteiger partial charge in [0.2, 0.25) is 0 Å². The summed E-state index contributed by atoms with van der Waals surface area (Å²) in [6, 6.07) is 6.64. The fourth-order valence-corrected chi connectivity index (χ4v) is 3.21. The first-order valence-corrected chi connectivity index (χ1v) is 7.71. The van der Waals surface area contributed by atoms with Crippen LogP contribution in [0.25, 0.3) is 0 Å². The Morgan fingerprint density at radius 2 is 1.83 bits per heavy atom. The molecule has 1 aromatic carbocycles. The predicted molar refractivity (Wildman–Crippen MR) is 80.9 cm³/mol. The lowest BCUT2D eigenvalue weighted by atomic mass is 10.1. The average Bonchev–Trinajstić information content (AvgIpc) is 2.66. The van der Waals surface area contributed by atoms with Crippen LogP contribution in [0.4, 0.5) is 5.69 Å². The number of anilines is 1. The minimum Gasteiger partial charge on any atom is -0.371 e. The Morgan fingerprint density at radius 3 is 2.44 bits per heavy atom. The number of halogens is 2. The molecule has 3 heteroatoms. The summed E-state index contributed by atoms with van der Waals surface area (Å²) in [7, 11) is 2.18. The molecule has 1 aliphatic rings. The Balaban J connectivity index is 2.20. The topological polar surface area (TPSA) is 3.24 Å². The average molecular weight is 286 g/mol. The number of benzene rings is 1. The van der Waals surface area contributed by atoms with Gasteiger partial charge in [-0.15, -0.1) is 11.6 Å². The van der Waals surface area contributed by atoms with E-state index in [0.717, 1.165) is 5.02 Å². The second kappa shape index (κ2) is 6.68. The van der Waals surface area contributed by atoms with Crippen molar-refractivity contribution < 1.29 is 0 Å². The van der Waals surface area contributed by atoms with E-state index in [4.69, 9.17) is 23.2 Å². The maximum atomic E-state index is 6.12. The van der Waals surface area contributed by atoms with Crippen molar-refractivity contribution in [1.29, 1.82) is 0 Å². The first-order chi connectivity index (χ1) is 8.72. The smallest absolute Gasteiger partial charge is 0.0494 e. The van der Waals surface area contributed by atoms with Crippen molar-refractivity contribution in [2.45, 2.75) is 50.4 Å². The van der Waals surface area contributed by atoms with Crippen LogP contribution in [0.3, 0.4) is 0 Å². The highest BCUT2D eigenvalue weighted by Crippen LogP contribution is 2.30. The quantitative estimate of drug-likeness (QED) is 0.542. The molecule has 1 saturated carbocycles. The van der Waals surface area contributed by atoms with Crippen LogP contribution in [0.5, 0.6) is 0 Å². The normalized spacial score (nSPS) is 17.5. The van der Waals surface area contributed by atoms with Crippen LogP contribution < -0.4 is 4.90 Å². The molecule has 0 saturated heterocycles. The number of nitrogens with zero attached hydrogens (tertiary/aromatic N) is 1. The van der Waals surface area contributed by atoms with Gasteiger partial charge < -0.3 is 4.90 Å². The van der Waals surface area contributed by atoms with Gasteiger partial charge in [-0.25, -0.2) is 0 Å². The van der Waals surface area contributed by atoms with E-state index in [0.29, 0.717) is 11.9 Å². The third-order valence-electron chi connectivity index (χ3n) is 3.94. The van der Waals surface area contributed by atoms with E-state index in [9.17, 15) is 0 Å². The van der Waals surface area contributed by atoms with Crippen LogP contribution in [-0.2, 0) is 5.88 Å². The molecule has 0 aliphatic heterocycles. The summed E-state index contributed by atoms with van der Waals surface area (Å²) < 4.78 is 0. The number of alkyl halides is 1. The third-order valence-corrected chi connectivity index (χ3v) is 4.47. The summed E-state index contributed by atoms with van der Waals surface area (Å²) in [5.74, 6) is 0.545. The van der Waals surface area contributed by atoms with E-state index < -0.39 is 0 Å². The van der Waals surface area contributed by atoms with Gasteiger partial charge in [0.1, 0.15) is 0 Å². The zero-order valence-corrected chi connectivity index (χ0v) is 12.5. The maximum Gasteiger partial charge on any atom is 0.0494 e. The Hall–Kier alpha value is -0.400. The van der Waals surface area contributed by atoms with Crippen LogP contribution >= 0.6 is 23.2 Å². The van der Waals surface area contributed by atoms with Gasteiger partial charge in [-0.1, -0.05) is 43.4 Å². The lowest BCUT2D eigenvalue weighted by Gasteiger charge is -2.31. The van der Waals surface area contributed by atoms with Gasteiger partial charge in [-0.3, -0.25) is 0 Å². The van der Waals surface area contributed by atoms with Crippen molar-refractivity contribution >= 4 is 28.9 Å². The first kappa shape index (κ1) is 14.0. The largest absolute Gasteiger partial charge is 0.371 e. The number of rotatable bonds is 3. The van der Waals surface area contributed by atoms with Crippen LogP contribution in [0.15, 0.2) is 18.2 Å². The highest BCUT2D eigenvalue weighted by Gasteiger charge is 2.19. The second-order valence-electron chi connectivity index (χ2n) is 5.16. The van der Waals surface area contributed by atoms with Crippen LogP contribution in [0.1, 0.15) is 44.1 Å². The summed E-state index contributed by atoms with van der Waals surface area (Å²) in [5.41, 5.74) is 2.37. The maximum absolute atomic E-state index is 6.12. The van der Waals surface area contributed by atoms with Crippen molar-refractivity contribution in [1.82, 2.24) is 0 Å². The van der Waals surface area contributed by atoms with Crippen LogP contribution in [0.2, 0.25) is 5.02 Å². The van der Waals surface area contributed by atoms with Gasteiger partial charge in [0.05, 0.1) is 0 Å². The molecule has 0 bridgehead atoms. The third kappa shape index (κ3) is 3.33. The van der Waals surface area contributed by atoms with Crippen molar-refractivity contribution in [2.75, 3.05) is 11.9 Å². The number of hydrogen-bond donors (Lipinski definition) is 0. The second-order valence-corrected chi connectivity index (χ2v) is 5.87. The van der Waals surface area contributed by atoms with Gasteiger partial charge in [0.15, 0.2) is 0 Å². The summed E-state index contributed by atoms with van der Waals surface area (Å²) >= 11 is 12.1. The van der Waals surface area contributed by atoms with Crippen molar-refractivity contribution in [3.05, 3.63) is 28.8 Å². The fourth-order valence-electron chi connectivity index (χ4n) is 2.82. The molecular weight excluding hydrogens is 265 g/mol. The van der Waals surface area contributed by atoms with E-state index in [2.05, 4.69) is 11.9 Å². The summed E-state index contributed by atoms with van der Waals surface area (Å²) in [4.78, 5) is 2.38. The van der Waals surface area contributed by atoms with E-state index >= 15 is 0 Å². The molecule has 0 radical (unpaired) electrons. The summed E-state index contributed by atoms with van der Waals surface area (Å²) in [6.07, 6.45) is 8.00. The van der Waals surface area contributed by atoms with Gasteiger partial charge in [-0.05, 0) is 30.5 Å². The molecule has 0 N–H and O–H groups in total. The predicted octanol–water partition coefficient (Wildman–Crippen LogP) is 5.24. The molecule has 100 valence electrons. The molecule has 0 heterocycles. The van der Waals surface area contributed by atoms with Gasteiger partial charge in [-0.2, -0.15) is 0 Å². The molecule has 0 unspecified atom stereocenters. The van der Waals surface area contributed by atoms with Crippen LogP contribution in [0, 0.1) is 0 Å². The minimum absolute atomic E-state index is 0.545. The molecule has 1 nitrogen and oxygen atoms in total. The molecule has 18 heavy (non-hydrogen) atoms. The molecule has 0 atom stereocenters. The Labute approximate surface area is 120 Å². The Morgan fingerprint density at radius 1 is 1.17 bits per heavy atom. The molecule has 1 aliphatic carbocycles. The standard InChI is InChI=1S/C15H21Cl2N/c1-18(14-6-4-2-3-5-7-14)15-10-13(17)9-8-12(15)11-16/h8-10,14H,2-7,11H2,1H3. The van der Waals surface area contributed by atoms with E-state index in [1.54, 1.807) is 0 Å². The first-order valence-electron chi connectivity index (χ1n) is 6.79. The molecule has 1 fully saturated rings. The molecule has 0 spiro atoms. The summed E-state index contributed by atoms with van der Waals surface area (Å²) in [5, 5.41) is 0.791. The van der Waals surface area contributed by atoms with Crippen molar-refractivity contribution in [3.8, 4) is 0 Å². The fraction of sp³-hybridized carbons (Fsp3) is 0.600. The lowest BCUT2D eigenvalue weighted by Crippen LogP contribution is -2.31. The highest BCUT2D eigenvalue weighted by atomic mass is 35.5. The molecule has 0 aromatic heterocycles. The number of hydrogen-bond acceptors (Lipinski definition) is 1. The lowest BCUT2D eigenvalue weighted by molar-refractivity contribution is 0.552. The Kier molecular flexibility index (Phi) is 5.20. The van der Waals surface area contributed by atoms with Crippen molar-refractivity contribution in [2.24, 2.45) is 0 Å².